The van der Waals surface area contributed by atoms with Crippen LogP contribution in [0, 0.1) is 0 Å². The van der Waals surface area contributed by atoms with E-state index in [4.69, 9.17) is 9.84 Å². The van der Waals surface area contributed by atoms with Crippen LogP contribution in [0.3, 0.4) is 0 Å². The van der Waals surface area contributed by atoms with Crippen molar-refractivity contribution in [3.63, 3.8) is 0 Å². The second kappa shape index (κ2) is 6.03. The van der Waals surface area contributed by atoms with Crippen LogP contribution < -0.4 is 9.64 Å². The summed E-state index contributed by atoms with van der Waals surface area (Å²) in [5, 5.41) is 8.90. The molecule has 0 spiro atoms. The fraction of sp³-hybridized carbons (Fsp3) is 0.364. The van der Waals surface area contributed by atoms with Gasteiger partial charge in [-0.15, -0.1) is 6.58 Å². The van der Waals surface area contributed by atoms with E-state index in [2.05, 4.69) is 11.6 Å². The van der Waals surface area contributed by atoms with E-state index in [9.17, 15) is 0 Å². The Morgan fingerprint density at radius 1 is 1.60 bits per heavy atom. The zero-order valence-electron chi connectivity index (χ0n) is 8.89. The summed E-state index contributed by atoms with van der Waals surface area (Å²) in [4.78, 5) is 6.17. The van der Waals surface area contributed by atoms with Crippen LogP contribution in [0.15, 0.2) is 31.0 Å². The maximum atomic E-state index is 8.90. The normalized spacial score (nSPS) is 9.73. The van der Waals surface area contributed by atoms with Crippen LogP contribution in [0.5, 0.6) is 5.75 Å². The van der Waals surface area contributed by atoms with E-state index in [1.807, 2.05) is 17.0 Å². The van der Waals surface area contributed by atoms with Gasteiger partial charge in [0.1, 0.15) is 11.6 Å². The average molecular weight is 208 g/mol. The number of hydrogen-bond donors (Lipinski definition) is 1. The lowest BCUT2D eigenvalue weighted by Crippen LogP contribution is -2.27. The largest absolute Gasteiger partial charge is 0.495 e. The molecule has 0 atom stereocenters. The maximum Gasteiger partial charge on any atom is 0.137 e. The third-order valence-electron chi connectivity index (χ3n) is 2.00. The first-order chi connectivity index (χ1) is 7.31. The third kappa shape index (κ3) is 3.25. The standard InChI is InChI=1S/C11H16N2O2/c1-3-6-13(7-8-14)11-5-4-10(15-2)9-12-11/h3-5,9,14H,1,6-8H2,2H3. The Hall–Kier alpha value is -1.55. The van der Waals surface area contributed by atoms with Crippen LogP contribution in [0.25, 0.3) is 0 Å². The summed E-state index contributed by atoms with van der Waals surface area (Å²) < 4.78 is 5.02. The van der Waals surface area contributed by atoms with Gasteiger partial charge in [-0.2, -0.15) is 0 Å². The van der Waals surface area contributed by atoms with Crippen molar-refractivity contribution in [2.45, 2.75) is 0 Å². The molecule has 0 amide bonds. The number of ether oxygens (including phenoxy) is 1. The summed E-state index contributed by atoms with van der Waals surface area (Å²) in [6.45, 7) is 4.98. The van der Waals surface area contributed by atoms with Crippen molar-refractivity contribution in [3.8, 4) is 5.75 Å². The van der Waals surface area contributed by atoms with Crippen molar-refractivity contribution in [2.75, 3.05) is 31.7 Å². The highest BCUT2D eigenvalue weighted by atomic mass is 16.5. The number of hydrogen-bond acceptors (Lipinski definition) is 4. The third-order valence-corrected chi connectivity index (χ3v) is 2.00. The van der Waals surface area contributed by atoms with Gasteiger partial charge in [-0.05, 0) is 12.1 Å². The number of anilines is 1. The molecular formula is C11H16N2O2. The fourth-order valence-corrected chi connectivity index (χ4v) is 1.26. The number of aliphatic hydroxyl groups excluding tert-OH is 1. The predicted molar refractivity (Wildman–Crippen MR) is 60.3 cm³/mol. The van der Waals surface area contributed by atoms with E-state index in [0.717, 1.165) is 11.6 Å². The lowest BCUT2D eigenvalue weighted by Gasteiger charge is -2.20. The van der Waals surface area contributed by atoms with E-state index in [1.54, 1.807) is 19.4 Å². The van der Waals surface area contributed by atoms with E-state index in [0.29, 0.717) is 13.1 Å². The van der Waals surface area contributed by atoms with Crippen molar-refractivity contribution in [1.82, 2.24) is 4.98 Å². The Bertz CT molecular complexity index is 298. The maximum absolute atomic E-state index is 8.90. The fourth-order valence-electron chi connectivity index (χ4n) is 1.26. The number of methoxy groups -OCH3 is 1. The lowest BCUT2D eigenvalue weighted by atomic mass is 10.4. The summed E-state index contributed by atoms with van der Waals surface area (Å²) in [5.41, 5.74) is 0. The average Bonchev–Trinajstić information content (AvgIpc) is 2.29. The molecule has 0 aliphatic heterocycles. The molecule has 1 heterocycles. The minimum absolute atomic E-state index is 0.0988. The van der Waals surface area contributed by atoms with Gasteiger partial charge in [0.25, 0.3) is 0 Å². The molecule has 0 unspecified atom stereocenters. The Kier molecular flexibility index (Phi) is 4.63. The van der Waals surface area contributed by atoms with E-state index in [-0.39, 0.29) is 6.61 Å². The summed E-state index contributed by atoms with van der Waals surface area (Å²) in [6.07, 6.45) is 3.43. The number of aliphatic hydroxyl groups is 1. The zero-order chi connectivity index (χ0) is 11.1. The van der Waals surface area contributed by atoms with Gasteiger partial charge in [0.15, 0.2) is 0 Å². The SMILES string of the molecule is C=CCN(CCO)c1ccc(OC)cn1. The number of nitrogens with zero attached hydrogens (tertiary/aromatic N) is 2. The molecule has 4 nitrogen and oxygen atoms in total. The smallest absolute Gasteiger partial charge is 0.137 e. The molecule has 0 saturated carbocycles. The Balaban J connectivity index is 2.76. The van der Waals surface area contributed by atoms with Crippen molar-refractivity contribution in [3.05, 3.63) is 31.0 Å². The quantitative estimate of drug-likeness (QED) is 0.710. The van der Waals surface area contributed by atoms with Crippen LogP contribution >= 0.6 is 0 Å². The van der Waals surface area contributed by atoms with Gasteiger partial charge in [-0.3, -0.25) is 0 Å². The molecule has 1 rings (SSSR count). The van der Waals surface area contributed by atoms with Crippen molar-refractivity contribution in [2.24, 2.45) is 0 Å². The van der Waals surface area contributed by atoms with E-state index in [1.165, 1.54) is 0 Å². The van der Waals surface area contributed by atoms with Crippen LogP contribution in [-0.4, -0.2) is 36.9 Å². The summed E-state index contributed by atoms with van der Waals surface area (Å²) in [5.74, 6) is 1.53. The van der Waals surface area contributed by atoms with Crippen molar-refractivity contribution < 1.29 is 9.84 Å². The molecule has 0 aromatic carbocycles. The number of aromatic nitrogens is 1. The van der Waals surface area contributed by atoms with E-state index >= 15 is 0 Å². The summed E-state index contributed by atoms with van der Waals surface area (Å²) >= 11 is 0. The molecular weight excluding hydrogens is 192 g/mol. The van der Waals surface area contributed by atoms with Crippen LogP contribution in [-0.2, 0) is 0 Å². The Labute approximate surface area is 89.8 Å². The molecule has 0 saturated heterocycles. The van der Waals surface area contributed by atoms with E-state index < -0.39 is 0 Å². The highest BCUT2D eigenvalue weighted by Gasteiger charge is 2.04. The van der Waals surface area contributed by atoms with Crippen LogP contribution in [0.4, 0.5) is 5.82 Å². The molecule has 82 valence electrons. The molecule has 0 bridgehead atoms. The monoisotopic (exact) mass is 208 g/mol. The van der Waals surface area contributed by atoms with Gasteiger partial charge in [0.05, 0.1) is 19.9 Å². The first-order valence-electron chi connectivity index (χ1n) is 4.78. The van der Waals surface area contributed by atoms with Gasteiger partial charge in [-0.25, -0.2) is 4.98 Å². The Morgan fingerprint density at radius 3 is 2.87 bits per heavy atom. The first-order valence-corrected chi connectivity index (χ1v) is 4.78. The molecule has 0 aliphatic rings. The minimum atomic E-state index is 0.0988. The van der Waals surface area contributed by atoms with Crippen LogP contribution in [0.1, 0.15) is 0 Å². The van der Waals surface area contributed by atoms with Gasteiger partial charge in [0, 0.05) is 13.1 Å². The molecule has 1 N–H and O–H groups in total. The number of pyridine rings is 1. The van der Waals surface area contributed by atoms with Gasteiger partial charge in [-0.1, -0.05) is 6.08 Å². The second-order valence-corrected chi connectivity index (χ2v) is 3.01. The molecule has 0 aliphatic carbocycles. The van der Waals surface area contributed by atoms with Crippen molar-refractivity contribution in [1.29, 1.82) is 0 Å². The molecule has 4 heteroatoms. The lowest BCUT2D eigenvalue weighted by molar-refractivity contribution is 0.302. The Morgan fingerprint density at radius 2 is 2.40 bits per heavy atom. The summed E-state index contributed by atoms with van der Waals surface area (Å²) in [6, 6.07) is 3.70. The molecule has 0 fully saturated rings. The van der Waals surface area contributed by atoms with Gasteiger partial charge >= 0.3 is 0 Å². The zero-order valence-corrected chi connectivity index (χ0v) is 8.89. The van der Waals surface area contributed by atoms with Gasteiger partial charge < -0.3 is 14.7 Å². The predicted octanol–water partition coefficient (Wildman–Crippen LogP) is 1.07. The van der Waals surface area contributed by atoms with Gasteiger partial charge in [0.2, 0.25) is 0 Å². The van der Waals surface area contributed by atoms with Crippen LogP contribution in [0.2, 0.25) is 0 Å². The topological polar surface area (TPSA) is 45.6 Å². The highest BCUT2D eigenvalue weighted by Crippen LogP contribution is 2.14. The molecule has 1 aromatic heterocycles. The second-order valence-electron chi connectivity index (χ2n) is 3.01. The molecule has 15 heavy (non-hydrogen) atoms. The van der Waals surface area contributed by atoms with Crippen molar-refractivity contribution >= 4 is 5.82 Å². The first kappa shape index (κ1) is 11.5. The minimum Gasteiger partial charge on any atom is -0.495 e. The molecule has 1 aromatic rings. The molecule has 0 radical (unpaired) electrons. The number of rotatable bonds is 6. The highest BCUT2D eigenvalue weighted by molar-refractivity contribution is 5.41. The summed E-state index contributed by atoms with van der Waals surface area (Å²) in [7, 11) is 1.60.